The summed E-state index contributed by atoms with van der Waals surface area (Å²) in [5.74, 6) is 3.25. The average Bonchev–Trinajstić information content (AvgIpc) is 2.15. The minimum Gasteiger partial charge on any atom is -0.313 e. The summed E-state index contributed by atoms with van der Waals surface area (Å²) in [6.45, 7) is 6.02. The molecule has 0 amide bonds. The second-order valence-electron chi connectivity index (χ2n) is 6.34. The SMILES string of the molecule is C=CCNCC12CC3CC(CC(C3)C1)C2. The third-order valence-corrected chi connectivity index (χ3v) is 4.95. The molecule has 0 heterocycles. The van der Waals surface area contributed by atoms with Crippen LogP contribution >= 0.6 is 0 Å². The largest absolute Gasteiger partial charge is 0.313 e. The van der Waals surface area contributed by atoms with Crippen molar-refractivity contribution in [3.8, 4) is 0 Å². The summed E-state index contributed by atoms with van der Waals surface area (Å²) in [7, 11) is 0. The first-order valence-corrected chi connectivity index (χ1v) is 6.61. The van der Waals surface area contributed by atoms with Gasteiger partial charge in [0.05, 0.1) is 0 Å². The van der Waals surface area contributed by atoms with Gasteiger partial charge in [-0.3, -0.25) is 0 Å². The highest BCUT2D eigenvalue weighted by atomic mass is 14.9. The van der Waals surface area contributed by atoms with Crippen LogP contribution in [0.2, 0.25) is 0 Å². The zero-order chi connectivity index (χ0) is 10.3. The van der Waals surface area contributed by atoms with E-state index >= 15 is 0 Å². The molecule has 4 rings (SSSR count). The molecule has 0 aliphatic heterocycles. The van der Waals surface area contributed by atoms with Gasteiger partial charge in [-0.1, -0.05) is 6.08 Å². The first kappa shape index (κ1) is 9.89. The Morgan fingerprint density at radius 3 is 2.07 bits per heavy atom. The van der Waals surface area contributed by atoms with Crippen LogP contribution < -0.4 is 5.32 Å². The second kappa shape index (κ2) is 3.62. The first-order valence-electron chi connectivity index (χ1n) is 6.61. The first-order chi connectivity index (χ1) is 7.30. The summed E-state index contributed by atoms with van der Waals surface area (Å²) in [6.07, 6.45) is 11.2. The maximum absolute atomic E-state index is 3.78. The fraction of sp³-hybridized carbons (Fsp3) is 0.857. The van der Waals surface area contributed by atoms with Crippen LogP contribution in [-0.2, 0) is 0 Å². The Morgan fingerprint density at radius 2 is 1.60 bits per heavy atom. The van der Waals surface area contributed by atoms with E-state index in [0.29, 0.717) is 5.41 Å². The van der Waals surface area contributed by atoms with Gasteiger partial charge in [0.15, 0.2) is 0 Å². The molecule has 0 atom stereocenters. The third kappa shape index (κ3) is 1.75. The van der Waals surface area contributed by atoms with Crippen molar-refractivity contribution in [2.45, 2.75) is 38.5 Å². The van der Waals surface area contributed by atoms with Gasteiger partial charge in [-0.2, -0.15) is 0 Å². The predicted molar refractivity (Wildman–Crippen MR) is 63.7 cm³/mol. The van der Waals surface area contributed by atoms with Gasteiger partial charge in [0.25, 0.3) is 0 Å². The Kier molecular flexibility index (Phi) is 2.39. The second-order valence-corrected chi connectivity index (χ2v) is 6.34. The topological polar surface area (TPSA) is 12.0 Å². The molecule has 4 fully saturated rings. The minimum absolute atomic E-state index is 0.692. The van der Waals surface area contributed by atoms with Gasteiger partial charge in [-0.15, -0.1) is 6.58 Å². The average molecular weight is 205 g/mol. The van der Waals surface area contributed by atoms with E-state index in [4.69, 9.17) is 0 Å². The Hall–Kier alpha value is -0.300. The van der Waals surface area contributed by atoms with Gasteiger partial charge in [0.1, 0.15) is 0 Å². The Balaban J connectivity index is 1.67. The highest BCUT2D eigenvalue weighted by Gasteiger charge is 2.50. The number of hydrogen-bond donors (Lipinski definition) is 1. The van der Waals surface area contributed by atoms with E-state index in [1.165, 1.54) is 25.8 Å². The van der Waals surface area contributed by atoms with E-state index in [-0.39, 0.29) is 0 Å². The monoisotopic (exact) mass is 205 g/mol. The predicted octanol–water partition coefficient (Wildman–Crippen LogP) is 2.98. The normalized spacial score (nSPS) is 47.1. The fourth-order valence-corrected chi connectivity index (χ4v) is 4.95. The van der Waals surface area contributed by atoms with Crippen LogP contribution in [-0.4, -0.2) is 13.1 Å². The number of rotatable bonds is 4. The molecule has 1 heteroatoms. The molecule has 4 aliphatic rings. The smallest absolute Gasteiger partial charge is 0.0132 e. The van der Waals surface area contributed by atoms with Gasteiger partial charge in [-0.25, -0.2) is 0 Å². The molecule has 84 valence electrons. The van der Waals surface area contributed by atoms with Crippen LogP contribution in [0.5, 0.6) is 0 Å². The molecule has 0 spiro atoms. The summed E-state index contributed by atoms with van der Waals surface area (Å²) in [5.41, 5.74) is 0.692. The van der Waals surface area contributed by atoms with Crippen LogP contribution in [0.15, 0.2) is 12.7 Å². The molecular weight excluding hydrogens is 182 g/mol. The van der Waals surface area contributed by atoms with Crippen molar-refractivity contribution in [2.24, 2.45) is 23.2 Å². The van der Waals surface area contributed by atoms with E-state index in [0.717, 1.165) is 24.3 Å². The quantitative estimate of drug-likeness (QED) is 0.549. The van der Waals surface area contributed by atoms with Gasteiger partial charge in [0, 0.05) is 13.1 Å². The lowest BCUT2D eigenvalue weighted by Crippen LogP contribution is -2.50. The molecular formula is C14H23N. The molecule has 1 nitrogen and oxygen atoms in total. The third-order valence-electron chi connectivity index (χ3n) is 4.95. The molecule has 0 saturated heterocycles. The molecule has 1 N–H and O–H groups in total. The summed E-state index contributed by atoms with van der Waals surface area (Å²) < 4.78 is 0. The van der Waals surface area contributed by atoms with E-state index in [1.807, 2.05) is 6.08 Å². The van der Waals surface area contributed by atoms with Crippen LogP contribution in [0.25, 0.3) is 0 Å². The zero-order valence-corrected chi connectivity index (χ0v) is 9.67. The lowest BCUT2D eigenvalue weighted by Gasteiger charge is -2.57. The van der Waals surface area contributed by atoms with Gasteiger partial charge in [0.2, 0.25) is 0 Å². The summed E-state index contributed by atoms with van der Waals surface area (Å²) >= 11 is 0. The van der Waals surface area contributed by atoms with Crippen molar-refractivity contribution in [3.05, 3.63) is 12.7 Å². The minimum atomic E-state index is 0.692. The van der Waals surface area contributed by atoms with Crippen LogP contribution in [0.1, 0.15) is 38.5 Å². The van der Waals surface area contributed by atoms with E-state index in [1.54, 1.807) is 19.3 Å². The Morgan fingerprint density at radius 1 is 1.07 bits per heavy atom. The highest BCUT2D eigenvalue weighted by Crippen LogP contribution is 2.59. The molecule has 4 aliphatic carbocycles. The fourth-order valence-electron chi connectivity index (χ4n) is 4.95. The summed E-state index contributed by atoms with van der Waals surface area (Å²) in [6, 6.07) is 0. The van der Waals surface area contributed by atoms with Gasteiger partial charge in [-0.05, 0) is 61.7 Å². The molecule has 0 aromatic carbocycles. The molecule has 0 aromatic heterocycles. The summed E-state index contributed by atoms with van der Waals surface area (Å²) in [4.78, 5) is 0. The zero-order valence-electron chi connectivity index (χ0n) is 9.67. The van der Waals surface area contributed by atoms with E-state index < -0.39 is 0 Å². The maximum Gasteiger partial charge on any atom is 0.0132 e. The van der Waals surface area contributed by atoms with Crippen molar-refractivity contribution >= 4 is 0 Å². The molecule has 4 bridgehead atoms. The van der Waals surface area contributed by atoms with Crippen LogP contribution in [0.4, 0.5) is 0 Å². The lowest BCUT2D eigenvalue weighted by molar-refractivity contribution is -0.0508. The van der Waals surface area contributed by atoms with Crippen molar-refractivity contribution in [3.63, 3.8) is 0 Å². The van der Waals surface area contributed by atoms with E-state index in [9.17, 15) is 0 Å². The van der Waals surface area contributed by atoms with Crippen LogP contribution in [0.3, 0.4) is 0 Å². The summed E-state index contributed by atoms with van der Waals surface area (Å²) in [5, 5.41) is 3.57. The van der Waals surface area contributed by atoms with Crippen molar-refractivity contribution < 1.29 is 0 Å². The van der Waals surface area contributed by atoms with Crippen molar-refractivity contribution in [1.82, 2.24) is 5.32 Å². The lowest BCUT2D eigenvalue weighted by atomic mass is 9.49. The Bertz CT molecular complexity index is 221. The standard InChI is InChI=1S/C14H23N/c1-2-3-15-10-14-7-11-4-12(8-14)6-13(5-11)9-14/h2,11-13,15H,1,3-10H2. The van der Waals surface area contributed by atoms with Crippen LogP contribution in [0, 0.1) is 23.2 Å². The molecule has 15 heavy (non-hydrogen) atoms. The molecule has 0 aromatic rings. The van der Waals surface area contributed by atoms with Crippen molar-refractivity contribution in [1.29, 1.82) is 0 Å². The van der Waals surface area contributed by atoms with Gasteiger partial charge >= 0.3 is 0 Å². The molecule has 0 radical (unpaired) electrons. The Labute approximate surface area is 93.3 Å². The highest BCUT2D eigenvalue weighted by molar-refractivity contribution is 5.02. The van der Waals surface area contributed by atoms with Gasteiger partial charge < -0.3 is 5.32 Å². The molecule has 4 saturated carbocycles. The van der Waals surface area contributed by atoms with Crippen molar-refractivity contribution in [2.75, 3.05) is 13.1 Å². The number of hydrogen-bond acceptors (Lipinski definition) is 1. The molecule has 0 unspecified atom stereocenters. The van der Waals surface area contributed by atoms with E-state index in [2.05, 4.69) is 11.9 Å². The number of nitrogens with one attached hydrogen (secondary N) is 1. The maximum atomic E-state index is 3.78.